The fourth-order valence-corrected chi connectivity index (χ4v) is 3.77. The van der Waals surface area contributed by atoms with Gasteiger partial charge in [-0.1, -0.05) is 74.5 Å². The smallest absolute Gasteiger partial charge is 0.191 e. The highest BCUT2D eigenvalue weighted by molar-refractivity contribution is 7.98. The zero-order chi connectivity index (χ0) is 19.4. The third-order valence-electron chi connectivity index (χ3n) is 4.33. The molecule has 0 amide bonds. The van der Waals surface area contributed by atoms with Gasteiger partial charge in [0.2, 0.25) is 0 Å². The summed E-state index contributed by atoms with van der Waals surface area (Å²) in [6.45, 7) is 6.98. The molecule has 0 saturated carbocycles. The predicted molar refractivity (Wildman–Crippen MR) is 111 cm³/mol. The molecule has 27 heavy (non-hydrogen) atoms. The summed E-state index contributed by atoms with van der Waals surface area (Å²) in [5, 5.41) is 10.1. The lowest BCUT2D eigenvalue weighted by molar-refractivity contribution is 0.290. The highest BCUT2D eigenvalue weighted by Gasteiger charge is 2.14. The molecule has 6 heteroatoms. The quantitative estimate of drug-likeness (QED) is 0.501. The zero-order valence-electron chi connectivity index (χ0n) is 16.1. The monoisotopic (exact) mass is 401 g/mol. The Bertz CT molecular complexity index is 901. The van der Waals surface area contributed by atoms with E-state index < -0.39 is 0 Å². The summed E-state index contributed by atoms with van der Waals surface area (Å²) < 4.78 is 7.85. The first kappa shape index (κ1) is 19.8. The minimum atomic E-state index is 0.135. The normalized spacial score (nSPS) is 11.6. The highest BCUT2D eigenvalue weighted by atomic mass is 35.5. The molecule has 1 heterocycles. The summed E-state index contributed by atoms with van der Waals surface area (Å²) in [6, 6.07) is 16.1. The van der Waals surface area contributed by atoms with Gasteiger partial charge in [0.1, 0.15) is 12.4 Å². The van der Waals surface area contributed by atoms with E-state index in [-0.39, 0.29) is 5.41 Å². The molecule has 0 radical (unpaired) electrons. The van der Waals surface area contributed by atoms with Gasteiger partial charge in [-0.15, -0.1) is 10.2 Å². The van der Waals surface area contributed by atoms with Gasteiger partial charge < -0.3 is 9.30 Å². The molecule has 3 aromatic rings. The Hall–Kier alpha value is -1.98. The maximum Gasteiger partial charge on any atom is 0.191 e. The molecule has 0 fully saturated rings. The Kier molecular flexibility index (Phi) is 6.12. The molecule has 0 aliphatic carbocycles. The van der Waals surface area contributed by atoms with Crippen LogP contribution in [0.1, 0.15) is 37.7 Å². The molecule has 1 aromatic heterocycles. The standard InChI is InChI=1S/C21H24ClN3OS/c1-21(2,3)16-9-11-17(12-10-16)26-13-19-23-24-20(25(19)4)27-14-15-7-5-6-8-18(15)22/h5-12H,13-14H2,1-4H3. The van der Waals surface area contributed by atoms with Crippen molar-refractivity contribution in [2.45, 2.75) is 43.7 Å². The molecular formula is C21H24ClN3OS. The SMILES string of the molecule is Cn1c(COc2ccc(C(C)(C)C)cc2)nnc1SCc1ccccc1Cl. The van der Waals surface area contributed by atoms with Crippen molar-refractivity contribution < 1.29 is 4.74 Å². The van der Waals surface area contributed by atoms with Crippen molar-refractivity contribution >= 4 is 23.4 Å². The number of rotatable bonds is 6. The van der Waals surface area contributed by atoms with Crippen LogP contribution in [0.3, 0.4) is 0 Å². The second-order valence-electron chi connectivity index (χ2n) is 7.40. The molecule has 0 spiro atoms. The van der Waals surface area contributed by atoms with Gasteiger partial charge in [0.05, 0.1) is 0 Å². The summed E-state index contributed by atoms with van der Waals surface area (Å²) in [4.78, 5) is 0. The molecule has 4 nitrogen and oxygen atoms in total. The number of hydrogen-bond donors (Lipinski definition) is 0. The van der Waals surface area contributed by atoms with Crippen LogP contribution in [0.25, 0.3) is 0 Å². The van der Waals surface area contributed by atoms with Crippen LogP contribution in [0.5, 0.6) is 5.75 Å². The van der Waals surface area contributed by atoms with Crippen molar-refractivity contribution in [1.29, 1.82) is 0 Å². The van der Waals surface area contributed by atoms with Crippen molar-refractivity contribution in [2.75, 3.05) is 0 Å². The fourth-order valence-electron chi connectivity index (χ4n) is 2.55. The molecule has 0 bridgehead atoms. The summed E-state index contributed by atoms with van der Waals surface area (Å²) in [5.41, 5.74) is 2.51. The Morgan fingerprint density at radius 2 is 1.74 bits per heavy atom. The molecule has 142 valence electrons. The molecule has 3 rings (SSSR count). The Labute approximate surface area is 169 Å². The van der Waals surface area contributed by atoms with Crippen molar-refractivity contribution in [1.82, 2.24) is 14.8 Å². The molecule has 0 atom stereocenters. The highest BCUT2D eigenvalue weighted by Crippen LogP contribution is 2.26. The maximum absolute atomic E-state index is 6.22. The molecule has 0 aliphatic heterocycles. The first-order chi connectivity index (χ1) is 12.8. The summed E-state index contributed by atoms with van der Waals surface area (Å²) in [7, 11) is 1.95. The van der Waals surface area contributed by atoms with E-state index in [1.807, 2.05) is 48.0 Å². The number of benzene rings is 2. The Morgan fingerprint density at radius 3 is 2.41 bits per heavy atom. The topological polar surface area (TPSA) is 39.9 Å². The number of hydrogen-bond acceptors (Lipinski definition) is 4. The number of ether oxygens (including phenoxy) is 1. The first-order valence-electron chi connectivity index (χ1n) is 8.82. The van der Waals surface area contributed by atoms with Gasteiger partial charge in [-0.3, -0.25) is 0 Å². The summed E-state index contributed by atoms with van der Waals surface area (Å²) >= 11 is 7.83. The van der Waals surface area contributed by atoms with Crippen LogP contribution in [0.2, 0.25) is 5.02 Å². The number of aromatic nitrogens is 3. The van der Waals surface area contributed by atoms with E-state index in [1.165, 1.54) is 5.56 Å². The lowest BCUT2D eigenvalue weighted by atomic mass is 9.87. The summed E-state index contributed by atoms with van der Waals surface area (Å²) in [5.74, 6) is 2.37. The number of thioether (sulfide) groups is 1. The lowest BCUT2D eigenvalue weighted by Gasteiger charge is -2.19. The van der Waals surface area contributed by atoms with Gasteiger partial charge in [-0.05, 0) is 34.7 Å². The predicted octanol–water partition coefficient (Wildman–Crippen LogP) is 5.64. The van der Waals surface area contributed by atoms with E-state index >= 15 is 0 Å². The second kappa shape index (κ2) is 8.36. The molecule has 0 N–H and O–H groups in total. The van der Waals surface area contributed by atoms with Crippen LogP contribution in [-0.2, 0) is 24.8 Å². The average Bonchev–Trinajstić information content (AvgIpc) is 2.99. The van der Waals surface area contributed by atoms with Crippen LogP contribution < -0.4 is 4.74 Å². The minimum absolute atomic E-state index is 0.135. The largest absolute Gasteiger partial charge is 0.486 e. The van der Waals surface area contributed by atoms with E-state index in [0.717, 1.165) is 33.1 Å². The van der Waals surface area contributed by atoms with Crippen molar-refractivity contribution in [3.63, 3.8) is 0 Å². The van der Waals surface area contributed by atoms with Gasteiger partial charge in [0, 0.05) is 17.8 Å². The van der Waals surface area contributed by atoms with E-state index in [0.29, 0.717) is 6.61 Å². The van der Waals surface area contributed by atoms with Crippen LogP contribution in [0.4, 0.5) is 0 Å². The van der Waals surface area contributed by atoms with Crippen molar-refractivity contribution in [3.8, 4) is 5.75 Å². The van der Waals surface area contributed by atoms with E-state index in [2.05, 4.69) is 43.1 Å². The number of halogens is 1. The van der Waals surface area contributed by atoms with Gasteiger partial charge in [0.25, 0.3) is 0 Å². The maximum atomic E-state index is 6.22. The molecule has 0 unspecified atom stereocenters. The van der Waals surface area contributed by atoms with Crippen molar-refractivity contribution in [2.24, 2.45) is 7.05 Å². The van der Waals surface area contributed by atoms with Crippen LogP contribution in [0.15, 0.2) is 53.7 Å². The van der Waals surface area contributed by atoms with Crippen LogP contribution >= 0.6 is 23.4 Å². The second-order valence-corrected chi connectivity index (χ2v) is 8.75. The third-order valence-corrected chi connectivity index (χ3v) is 5.77. The van der Waals surface area contributed by atoms with E-state index in [9.17, 15) is 0 Å². The van der Waals surface area contributed by atoms with E-state index in [4.69, 9.17) is 16.3 Å². The van der Waals surface area contributed by atoms with Crippen LogP contribution in [-0.4, -0.2) is 14.8 Å². The number of nitrogens with zero attached hydrogens (tertiary/aromatic N) is 3. The zero-order valence-corrected chi connectivity index (χ0v) is 17.6. The van der Waals surface area contributed by atoms with Gasteiger partial charge in [-0.2, -0.15) is 0 Å². The summed E-state index contributed by atoms with van der Waals surface area (Å²) in [6.07, 6.45) is 0. The average molecular weight is 402 g/mol. The van der Waals surface area contributed by atoms with Gasteiger partial charge in [0.15, 0.2) is 11.0 Å². The van der Waals surface area contributed by atoms with Crippen molar-refractivity contribution in [3.05, 3.63) is 70.5 Å². The molecule has 0 aliphatic rings. The molecular weight excluding hydrogens is 378 g/mol. The minimum Gasteiger partial charge on any atom is -0.486 e. The first-order valence-corrected chi connectivity index (χ1v) is 10.2. The van der Waals surface area contributed by atoms with E-state index in [1.54, 1.807) is 11.8 Å². The molecule has 0 saturated heterocycles. The third kappa shape index (κ3) is 5.05. The van der Waals surface area contributed by atoms with Crippen LogP contribution in [0, 0.1) is 0 Å². The van der Waals surface area contributed by atoms with Gasteiger partial charge >= 0.3 is 0 Å². The Morgan fingerprint density at radius 1 is 1.04 bits per heavy atom. The lowest BCUT2D eigenvalue weighted by Crippen LogP contribution is -2.10. The van der Waals surface area contributed by atoms with Gasteiger partial charge in [-0.25, -0.2) is 0 Å². The Balaban J connectivity index is 1.59. The molecule has 2 aromatic carbocycles. The fraction of sp³-hybridized carbons (Fsp3) is 0.333.